The Morgan fingerprint density at radius 3 is 2.00 bits per heavy atom. The third-order valence-corrected chi connectivity index (χ3v) is 1.23. The lowest BCUT2D eigenvalue weighted by Crippen LogP contribution is -2.09. The molecule has 0 spiro atoms. The fourth-order valence-electron chi connectivity index (χ4n) is 0.764. The van der Waals surface area contributed by atoms with E-state index in [1.807, 2.05) is 0 Å². The van der Waals surface area contributed by atoms with Gasteiger partial charge in [-0.1, -0.05) is 0 Å². The van der Waals surface area contributed by atoms with Crippen LogP contribution in [0.15, 0.2) is 12.1 Å². The first-order valence-electron chi connectivity index (χ1n) is 3.13. The second kappa shape index (κ2) is 3.34. The van der Waals surface area contributed by atoms with E-state index in [0.717, 1.165) is 0 Å². The van der Waals surface area contributed by atoms with Gasteiger partial charge >= 0.3 is 6.09 Å². The lowest BCUT2D eigenvalue weighted by molar-refractivity contribution is 0.185. The van der Waals surface area contributed by atoms with Gasteiger partial charge in [0, 0.05) is 12.1 Å². The molecule has 0 aliphatic carbocycles. The summed E-state index contributed by atoms with van der Waals surface area (Å²) in [4.78, 5) is 9.91. The molecule has 1 aromatic carbocycles. The van der Waals surface area contributed by atoms with Crippen molar-refractivity contribution in [1.82, 2.24) is 0 Å². The maximum Gasteiger partial charge on any atom is 0.455 e. The molecular weight excluding hydrogens is 187 g/mol. The van der Waals surface area contributed by atoms with Gasteiger partial charge in [-0.05, 0) is 0 Å². The number of anilines is 1. The third-order valence-electron chi connectivity index (χ3n) is 1.23. The highest BCUT2D eigenvalue weighted by Crippen LogP contribution is 2.19. The van der Waals surface area contributed by atoms with Crippen molar-refractivity contribution in [2.24, 2.45) is 0 Å². The minimum atomic E-state index is -1.87. The van der Waals surface area contributed by atoms with Gasteiger partial charge < -0.3 is 0 Å². The molecule has 69 valence electrons. The van der Waals surface area contributed by atoms with E-state index in [1.54, 1.807) is 0 Å². The van der Waals surface area contributed by atoms with E-state index in [1.165, 1.54) is 5.32 Å². The van der Waals surface area contributed by atoms with Crippen LogP contribution < -0.4 is 5.32 Å². The maximum absolute atomic E-state index is 12.6. The SMILES string of the molecule is [O]C(=O)Nc1c(F)cc(F)cc1F. The van der Waals surface area contributed by atoms with Crippen LogP contribution in [0.3, 0.4) is 0 Å². The second-order valence-corrected chi connectivity index (χ2v) is 2.16. The molecule has 1 N–H and O–H groups in total. The lowest BCUT2D eigenvalue weighted by atomic mass is 10.3. The zero-order valence-electron chi connectivity index (χ0n) is 6.11. The summed E-state index contributed by atoms with van der Waals surface area (Å²) in [7, 11) is 0. The molecule has 13 heavy (non-hydrogen) atoms. The van der Waals surface area contributed by atoms with Crippen LogP contribution in [0.4, 0.5) is 23.7 Å². The van der Waals surface area contributed by atoms with Crippen molar-refractivity contribution in [3.8, 4) is 0 Å². The minimum Gasteiger partial charge on any atom is -0.283 e. The number of carbonyl (C=O) groups is 1. The molecule has 1 rings (SSSR count). The monoisotopic (exact) mass is 190 g/mol. The number of carbonyl (C=O) groups excluding carboxylic acids is 1. The Morgan fingerprint density at radius 2 is 1.62 bits per heavy atom. The second-order valence-electron chi connectivity index (χ2n) is 2.16. The predicted molar refractivity (Wildman–Crippen MR) is 36.0 cm³/mol. The molecule has 0 bridgehead atoms. The molecule has 0 fully saturated rings. The Kier molecular flexibility index (Phi) is 2.41. The Hall–Kier alpha value is -1.72. The predicted octanol–water partition coefficient (Wildman–Crippen LogP) is 2.07. The summed E-state index contributed by atoms with van der Waals surface area (Å²) >= 11 is 0. The fraction of sp³-hybridized carbons (Fsp3) is 0. The highest BCUT2D eigenvalue weighted by atomic mass is 19.1. The van der Waals surface area contributed by atoms with Gasteiger partial charge in [-0.25, -0.2) is 23.1 Å². The number of benzene rings is 1. The number of hydrogen-bond donors (Lipinski definition) is 1. The molecule has 3 nitrogen and oxygen atoms in total. The van der Waals surface area contributed by atoms with E-state index in [0.29, 0.717) is 12.1 Å². The first kappa shape index (κ1) is 9.37. The molecule has 1 aromatic rings. The van der Waals surface area contributed by atoms with Crippen LogP contribution in [-0.2, 0) is 5.11 Å². The van der Waals surface area contributed by atoms with Gasteiger partial charge in [-0.2, -0.15) is 0 Å². The van der Waals surface area contributed by atoms with Crippen LogP contribution in [0.2, 0.25) is 0 Å². The van der Waals surface area contributed by atoms with Gasteiger partial charge in [0.1, 0.15) is 11.5 Å². The summed E-state index contributed by atoms with van der Waals surface area (Å²) in [6.45, 7) is 0. The summed E-state index contributed by atoms with van der Waals surface area (Å²) in [5.74, 6) is -3.79. The fourth-order valence-corrected chi connectivity index (χ4v) is 0.764. The number of halogens is 3. The van der Waals surface area contributed by atoms with Gasteiger partial charge in [0.15, 0.2) is 11.6 Å². The van der Waals surface area contributed by atoms with Crippen molar-refractivity contribution in [3.05, 3.63) is 29.6 Å². The third kappa shape index (κ3) is 2.11. The Labute approximate surface area is 70.8 Å². The highest BCUT2D eigenvalue weighted by Gasteiger charge is 2.13. The van der Waals surface area contributed by atoms with Gasteiger partial charge in [0.25, 0.3) is 0 Å². The zero-order chi connectivity index (χ0) is 10.0. The normalized spacial score (nSPS) is 9.77. The van der Waals surface area contributed by atoms with Crippen molar-refractivity contribution in [2.45, 2.75) is 0 Å². The molecule has 1 amide bonds. The van der Waals surface area contributed by atoms with Gasteiger partial charge in [0.05, 0.1) is 0 Å². The maximum atomic E-state index is 12.6. The standard InChI is InChI=1S/C7H3F3NO2/c8-3-1-4(9)6(5(10)2-3)11-7(12)13/h1-2,11H. The summed E-state index contributed by atoms with van der Waals surface area (Å²) in [5.41, 5.74) is -0.943. The molecule has 0 atom stereocenters. The minimum absolute atomic E-state index is 0.356. The van der Waals surface area contributed by atoms with E-state index in [4.69, 9.17) is 0 Å². The van der Waals surface area contributed by atoms with Gasteiger partial charge in [-0.3, -0.25) is 5.32 Å². The Bertz CT molecular complexity index is 331. The van der Waals surface area contributed by atoms with E-state index in [2.05, 4.69) is 0 Å². The van der Waals surface area contributed by atoms with Gasteiger partial charge in [-0.15, -0.1) is 0 Å². The van der Waals surface area contributed by atoms with Crippen LogP contribution in [0, 0.1) is 17.5 Å². The van der Waals surface area contributed by atoms with E-state index < -0.39 is 29.2 Å². The molecule has 0 aliphatic heterocycles. The van der Waals surface area contributed by atoms with Crippen molar-refractivity contribution in [3.63, 3.8) is 0 Å². The molecular formula is C7H3F3NO2. The van der Waals surface area contributed by atoms with Crippen LogP contribution in [0.25, 0.3) is 0 Å². The Morgan fingerprint density at radius 1 is 1.15 bits per heavy atom. The van der Waals surface area contributed by atoms with Crippen molar-refractivity contribution >= 4 is 11.8 Å². The number of rotatable bonds is 1. The van der Waals surface area contributed by atoms with Crippen LogP contribution >= 0.6 is 0 Å². The first-order valence-corrected chi connectivity index (χ1v) is 3.13. The van der Waals surface area contributed by atoms with Crippen molar-refractivity contribution in [1.29, 1.82) is 0 Å². The zero-order valence-corrected chi connectivity index (χ0v) is 6.11. The van der Waals surface area contributed by atoms with E-state index in [9.17, 15) is 23.1 Å². The molecule has 0 unspecified atom stereocenters. The number of hydrogen-bond acceptors (Lipinski definition) is 1. The average molecular weight is 190 g/mol. The molecule has 0 aromatic heterocycles. The molecule has 6 heteroatoms. The van der Waals surface area contributed by atoms with Crippen LogP contribution in [0.1, 0.15) is 0 Å². The van der Waals surface area contributed by atoms with Crippen LogP contribution in [-0.4, -0.2) is 6.09 Å². The first-order chi connectivity index (χ1) is 6.00. The van der Waals surface area contributed by atoms with E-state index in [-0.39, 0.29) is 0 Å². The van der Waals surface area contributed by atoms with E-state index >= 15 is 0 Å². The molecule has 0 saturated heterocycles. The quantitative estimate of drug-likeness (QED) is 0.723. The summed E-state index contributed by atoms with van der Waals surface area (Å²) in [6, 6.07) is 0.711. The molecule has 1 radical (unpaired) electrons. The molecule has 0 aliphatic rings. The molecule has 0 heterocycles. The largest absolute Gasteiger partial charge is 0.455 e. The topological polar surface area (TPSA) is 49.0 Å². The average Bonchev–Trinajstić information content (AvgIpc) is 1.96. The number of amides is 1. The lowest BCUT2D eigenvalue weighted by Gasteiger charge is -2.02. The summed E-state index contributed by atoms with van der Waals surface area (Å²) in [6.07, 6.45) is -1.87. The summed E-state index contributed by atoms with van der Waals surface area (Å²) in [5, 5.41) is 11.3. The number of nitrogens with one attached hydrogen (secondary N) is 1. The Balaban J connectivity index is 3.13. The highest BCUT2D eigenvalue weighted by molar-refractivity contribution is 5.82. The van der Waals surface area contributed by atoms with Crippen molar-refractivity contribution < 1.29 is 23.1 Å². The van der Waals surface area contributed by atoms with Gasteiger partial charge in [0.2, 0.25) is 0 Å². The van der Waals surface area contributed by atoms with Crippen molar-refractivity contribution in [2.75, 3.05) is 5.32 Å². The van der Waals surface area contributed by atoms with Crippen LogP contribution in [0.5, 0.6) is 0 Å². The molecule has 0 saturated carbocycles. The summed E-state index contributed by atoms with van der Waals surface area (Å²) < 4.78 is 37.6. The smallest absolute Gasteiger partial charge is 0.283 e.